The topological polar surface area (TPSA) is 58.6 Å². The highest BCUT2D eigenvalue weighted by Gasteiger charge is 2.30. The molecule has 0 bridgehead atoms. The molecule has 0 aromatic heterocycles. The Kier molecular flexibility index (Phi) is 3.89. The Morgan fingerprint density at radius 3 is 2.93 bits per heavy atom. The van der Waals surface area contributed by atoms with Crippen LogP contribution in [0.5, 0.6) is 0 Å². The molecule has 1 amide bonds. The second-order valence-electron chi connectivity index (χ2n) is 4.30. The van der Waals surface area contributed by atoms with E-state index >= 15 is 0 Å². The van der Waals surface area contributed by atoms with Crippen LogP contribution in [0.15, 0.2) is 0 Å². The molecule has 1 aliphatic rings. The molecule has 0 saturated carbocycles. The molecule has 1 heterocycles. The van der Waals surface area contributed by atoms with E-state index in [2.05, 4.69) is 5.32 Å². The van der Waals surface area contributed by atoms with Crippen LogP contribution in [0.25, 0.3) is 0 Å². The smallest absolute Gasteiger partial charge is 0.220 e. The highest BCUT2D eigenvalue weighted by molar-refractivity contribution is 5.76. The third-order valence-electron chi connectivity index (χ3n) is 2.45. The van der Waals surface area contributed by atoms with Gasteiger partial charge in [-0.1, -0.05) is 0 Å². The Bertz CT molecular complexity index is 198. The summed E-state index contributed by atoms with van der Waals surface area (Å²) in [6.45, 7) is 4.98. The van der Waals surface area contributed by atoms with Crippen molar-refractivity contribution in [3.8, 4) is 0 Å². The molecular formula is C10H19NO3. The van der Waals surface area contributed by atoms with Crippen molar-refractivity contribution in [2.75, 3.05) is 13.2 Å². The van der Waals surface area contributed by atoms with Crippen LogP contribution in [0, 0.1) is 0 Å². The van der Waals surface area contributed by atoms with Gasteiger partial charge < -0.3 is 15.2 Å². The summed E-state index contributed by atoms with van der Waals surface area (Å²) in [5.41, 5.74) is -0.199. The molecule has 1 aliphatic heterocycles. The van der Waals surface area contributed by atoms with Gasteiger partial charge >= 0.3 is 0 Å². The molecule has 14 heavy (non-hydrogen) atoms. The molecule has 1 saturated heterocycles. The van der Waals surface area contributed by atoms with Crippen molar-refractivity contribution in [3.63, 3.8) is 0 Å². The summed E-state index contributed by atoms with van der Waals surface area (Å²) < 4.78 is 5.22. The lowest BCUT2D eigenvalue weighted by Crippen LogP contribution is -2.46. The molecule has 2 N–H and O–H groups in total. The molecule has 0 aromatic carbocycles. The van der Waals surface area contributed by atoms with E-state index in [0.29, 0.717) is 26.1 Å². The monoisotopic (exact) mass is 201 g/mol. The fourth-order valence-electron chi connectivity index (χ4n) is 1.50. The molecule has 4 heteroatoms. The molecule has 1 rings (SSSR count). The molecule has 0 aliphatic carbocycles. The standard InChI is InChI=1S/C10H19NO3/c1-8(12)3-4-9(13)11-10(2)5-6-14-7-10/h8,12H,3-7H2,1-2H3,(H,11,13). The maximum absolute atomic E-state index is 11.4. The minimum absolute atomic E-state index is 0.00102. The number of ether oxygens (including phenoxy) is 1. The zero-order valence-corrected chi connectivity index (χ0v) is 8.88. The first-order chi connectivity index (χ1) is 6.52. The number of nitrogens with one attached hydrogen (secondary N) is 1. The van der Waals surface area contributed by atoms with E-state index in [1.165, 1.54) is 0 Å². The van der Waals surface area contributed by atoms with Crippen LogP contribution in [0.1, 0.15) is 33.1 Å². The van der Waals surface area contributed by atoms with Gasteiger partial charge in [0.1, 0.15) is 0 Å². The molecule has 0 spiro atoms. The van der Waals surface area contributed by atoms with Crippen molar-refractivity contribution < 1.29 is 14.6 Å². The van der Waals surface area contributed by atoms with Gasteiger partial charge in [-0.15, -0.1) is 0 Å². The molecule has 4 nitrogen and oxygen atoms in total. The second kappa shape index (κ2) is 4.75. The summed E-state index contributed by atoms with van der Waals surface area (Å²) in [7, 11) is 0. The van der Waals surface area contributed by atoms with Crippen LogP contribution in [-0.4, -0.2) is 35.9 Å². The van der Waals surface area contributed by atoms with Gasteiger partial charge in [0.15, 0.2) is 0 Å². The fraction of sp³-hybridized carbons (Fsp3) is 0.900. The average Bonchev–Trinajstić information content (AvgIpc) is 2.48. The van der Waals surface area contributed by atoms with E-state index in [4.69, 9.17) is 9.84 Å². The predicted octanol–water partition coefficient (Wildman–Crippen LogP) is 0.443. The summed E-state index contributed by atoms with van der Waals surface area (Å²) in [5, 5.41) is 12.0. The van der Waals surface area contributed by atoms with E-state index in [0.717, 1.165) is 6.42 Å². The highest BCUT2D eigenvalue weighted by Crippen LogP contribution is 2.17. The lowest BCUT2D eigenvalue weighted by Gasteiger charge is -2.23. The number of hydrogen-bond acceptors (Lipinski definition) is 3. The lowest BCUT2D eigenvalue weighted by atomic mass is 10.0. The van der Waals surface area contributed by atoms with Crippen molar-refractivity contribution in [3.05, 3.63) is 0 Å². The summed E-state index contributed by atoms with van der Waals surface area (Å²) in [6, 6.07) is 0. The first-order valence-electron chi connectivity index (χ1n) is 5.09. The maximum atomic E-state index is 11.4. The third kappa shape index (κ3) is 3.64. The van der Waals surface area contributed by atoms with Gasteiger partial charge in [-0.3, -0.25) is 4.79 Å². The van der Waals surface area contributed by atoms with Crippen LogP contribution < -0.4 is 5.32 Å². The number of aliphatic hydroxyl groups excluding tert-OH is 1. The Hall–Kier alpha value is -0.610. The van der Waals surface area contributed by atoms with E-state index < -0.39 is 6.10 Å². The lowest BCUT2D eigenvalue weighted by molar-refractivity contribution is -0.123. The molecule has 0 aromatic rings. The number of carbonyl (C=O) groups is 1. The van der Waals surface area contributed by atoms with Gasteiger partial charge in [0.25, 0.3) is 0 Å². The van der Waals surface area contributed by atoms with Crippen molar-refractivity contribution in [1.82, 2.24) is 5.32 Å². The van der Waals surface area contributed by atoms with E-state index in [1.807, 2.05) is 6.92 Å². The molecule has 2 atom stereocenters. The molecule has 2 unspecified atom stereocenters. The summed E-state index contributed by atoms with van der Waals surface area (Å²) in [4.78, 5) is 11.4. The van der Waals surface area contributed by atoms with E-state index in [9.17, 15) is 4.79 Å². The molecule has 1 fully saturated rings. The quantitative estimate of drug-likeness (QED) is 0.694. The SMILES string of the molecule is CC(O)CCC(=O)NC1(C)CCOC1. The molecular weight excluding hydrogens is 182 g/mol. The van der Waals surface area contributed by atoms with Crippen LogP contribution in [0.3, 0.4) is 0 Å². The maximum Gasteiger partial charge on any atom is 0.220 e. The number of rotatable bonds is 4. The van der Waals surface area contributed by atoms with E-state index in [1.54, 1.807) is 6.92 Å². The van der Waals surface area contributed by atoms with Crippen LogP contribution in [-0.2, 0) is 9.53 Å². The fourth-order valence-corrected chi connectivity index (χ4v) is 1.50. The third-order valence-corrected chi connectivity index (χ3v) is 2.45. The number of aliphatic hydroxyl groups is 1. The van der Waals surface area contributed by atoms with Crippen molar-refractivity contribution in [2.24, 2.45) is 0 Å². The van der Waals surface area contributed by atoms with Crippen LogP contribution in [0.2, 0.25) is 0 Å². The zero-order chi connectivity index (χ0) is 10.6. The number of hydrogen-bond donors (Lipinski definition) is 2. The van der Waals surface area contributed by atoms with Crippen molar-refractivity contribution in [2.45, 2.75) is 44.8 Å². The summed E-state index contributed by atoms with van der Waals surface area (Å²) in [6.07, 6.45) is 1.36. The Morgan fingerprint density at radius 2 is 2.43 bits per heavy atom. The first-order valence-corrected chi connectivity index (χ1v) is 5.09. The van der Waals surface area contributed by atoms with Gasteiger partial charge in [0, 0.05) is 13.0 Å². The van der Waals surface area contributed by atoms with Gasteiger partial charge in [-0.05, 0) is 26.7 Å². The normalized spacial score (nSPS) is 28.8. The number of carbonyl (C=O) groups excluding carboxylic acids is 1. The van der Waals surface area contributed by atoms with Crippen LogP contribution in [0.4, 0.5) is 0 Å². The Morgan fingerprint density at radius 1 is 1.71 bits per heavy atom. The minimum atomic E-state index is -0.409. The molecule has 0 radical (unpaired) electrons. The number of amides is 1. The van der Waals surface area contributed by atoms with Gasteiger partial charge in [0.05, 0.1) is 18.2 Å². The van der Waals surface area contributed by atoms with Gasteiger partial charge in [0.2, 0.25) is 5.91 Å². The predicted molar refractivity (Wildman–Crippen MR) is 52.9 cm³/mol. The zero-order valence-electron chi connectivity index (χ0n) is 8.88. The minimum Gasteiger partial charge on any atom is -0.393 e. The molecule has 82 valence electrons. The Labute approximate surface area is 84.6 Å². The van der Waals surface area contributed by atoms with Crippen molar-refractivity contribution >= 4 is 5.91 Å². The first kappa shape index (κ1) is 11.5. The summed E-state index contributed by atoms with van der Waals surface area (Å²) >= 11 is 0. The average molecular weight is 201 g/mol. The van der Waals surface area contributed by atoms with E-state index in [-0.39, 0.29) is 11.4 Å². The second-order valence-corrected chi connectivity index (χ2v) is 4.30. The highest BCUT2D eigenvalue weighted by atomic mass is 16.5. The van der Waals surface area contributed by atoms with Gasteiger partial charge in [-0.25, -0.2) is 0 Å². The summed E-state index contributed by atoms with van der Waals surface area (Å²) in [5.74, 6) is -0.00102. The van der Waals surface area contributed by atoms with Crippen LogP contribution >= 0.6 is 0 Å². The largest absolute Gasteiger partial charge is 0.393 e. The van der Waals surface area contributed by atoms with Gasteiger partial charge in [-0.2, -0.15) is 0 Å². The Balaban J connectivity index is 2.25. The van der Waals surface area contributed by atoms with Crippen molar-refractivity contribution in [1.29, 1.82) is 0 Å².